The second kappa shape index (κ2) is 20.5. The third-order valence-corrected chi connectivity index (χ3v) is 3.56. The average Bonchev–Trinajstić information content (AvgIpc) is 2.71. The molecule has 29 heavy (non-hydrogen) atoms. The summed E-state index contributed by atoms with van der Waals surface area (Å²) in [7, 11) is 3.05. The minimum absolute atomic E-state index is 0.0246. The van der Waals surface area contributed by atoms with Gasteiger partial charge >= 0.3 is 11.9 Å². The van der Waals surface area contributed by atoms with Crippen molar-refractivity contribution in [3.05, 3.63) is 0 Å². The maximum atomic E-state index is 12.1. The molecule has 172 valence electrons. The monoisotopic (exact) mass is 421 g/mol. The van der Waals surface area contributed by atoms with Gasteiger partial charge in [-0.05, 0) is 26.9 Å². The summed E-state index contributed by atoms with van der Waals surface area (Å²) in [5.74, 6) is -3.28. The van der Waals surface area contributed by atoms with Crippen molar-refractivity contribution >= 4 is 23.8 Å². The molecule has 11 heteroatoms. The zero-order valence-corrected chi connectivity index (χ0v) is 18.4. The smallest absolute Gasteiger partial charge is 0.326 e. The molecular formula is C18H39N5O6. The van der Waals surface area contributed by atoms with Crippen LogP contribution in [0.25, 0.3) is 0 Å². The van der Waals surface area contributed by atoms with Crippen LogP contribution in [-0.2, 0) is 19.2 Å². The third-order valence-electron chi connectivity index (χ3n) is 3.56. The molecule has 0 aromatic heterocycles. The second-order valence-electron chi connectivity index (χ2n) is 5.33. The fraction of sp³-hybridized carbons (Fsp3) is 0.778. The Hall–Kier alpha value is -2.24. The number of likely N-dealkylation sites (N-methyl/N-ethyl adjacent to an activating group) is 2. The molecule has 0 aliphatic carbocycles. The van der Waals surface area contributed by atoms with Gasteiger partial charge in [0.15, 0.2) is 0 Å². The van der Waals surface area contributed by atoms with Crippen molar-refractivity contribution in [2.75, 3.05) is 27.2 Å². The number of carbonyl (C=O) groups is 4. The van der Waals surface area contributed by atoms with E-state index in [9.17, 15) is 24.3 Å². The Morgan fingerprint density at radius 1 is 0.828 bits per heavy atom. The molecule has 0 rings (SSSR count). The van der Waals surface area contributed by atoms with Gasteiger partial charge in [0.2, 0.25) is 11.8 Å². The van der Waals surface area contributed by atoms with Crippen LogP contribution in [0, 0.1) is 0 Å². The Kier molecular flexibility index (Phi) is 22.2. The van der Waals surface area contributed by atoms with E-state index < -0.39 is 36.0 Å². The van der Waals surface area contributed by atoms with E-state index in [1.165, 1.54) is 7.05 Å². The van der Waals surface area contributed by atoms with Gasteiger partial charge in [-0.2, -0.15) is 0 Å². The summed E-state index contributed by atoms with van der Waals surface area (Å²) >= 11 is 0. The van der Waals surface area contributed by atoms with Gasteiger partial charge in [-0.15, -0.1) is 0 Å². The Bertz CT molecular complexity index is 472. The summed E-state index contributed by atoms with van der Waals surface area (Å²) in [4.78, 5) is 45.6. The molecule has 0 saturated carbocycles. The van der Waals surface area contributed by atoms with Crippen molar-refractivity contribution in [1.82, 2.24) is 21.3 Å². The summed E-state index contributed by atoms with van der Waals surface area (Å²) < 4.78 is 0. The van der Waals surface area contributed by atoms with Crippen LogP contribution in [0.1, 0.15) is 47.0 Å². The summed E-state index contributed by atoms with van der Waals surface area (Å²) in [6.45, 7) is 8.13. The van der Waals surface area contributed by atoms with Crippen LogP contribution >= 0.6 is 0 Å². The highest BCUT2D eigenvalue weighted by atomic mass is 16.4. The van der Waals surface area contributed by atoms with Crippen molar-refractivity contribution in [2.45, 2.75) is 65.1 Å². The highest BCUT2D eigenvalue weighted by Gasteiger charge is 2.25. The van der Waals surface area contributed by atoms with Gasteiger partial charge in [0.05, 0.1) is 12.1 Å². The predicted octanol–water partition coefficient (Wildman–Crippen LogP) is -0.886. The fourth-order valence-corrected chi connectivity index (χ4v) is 2.02. The minimum atomic E-state index is -1.25. The van der Waals surface area contributed by atoms with Crippen LogP contribution < -0.4 is 27.0 Å². The molecule has 0 spiro atoms. The number of nitrogens with two attached hydrogens (primary N) is 1. The number of rotatable bonds is 13. The lowest BCUT2D eigenvalue weighted by molar-refractivity contribution is -0.142. The van der Waals surface area contributed by atoms with E-state index >= 15 is 0 Å². The van der Waals surface area contributed by atoms with Gasteiger partial charge in [-0.1, -0.05) is 27.7 Å². The van der Waals surface area contributed by atoms with Gasteiger partial charge in [-0.25, -0.2) is 4.79 Å². The molecule has 0 heterocycles. The second-order valence-corrected chi connectivity index (χ2v) is 5.33. The molecule has 0 saturated heterocycles. The zero-order valence-electron chi connectivity index (χ0n) is 18.4. The fourth-order valence-electron chi connectivity index (χ4n) is 2.02. The first kappa shape index (κ1) is 31.5. The van der Waals surface area contributed by atoms with Gasteiger partial charge in [-0.3, -0.25) is 14.4 Å². The lowest BCUT2D eigenvalue weighted by Crippen LogP contribution is -2.51. The lowest BCUT2D eigenvalue weighted by Gasteiger charge is -2.20. The quantitative estimate of drug-likeness (QED) is 0.198. The number of carboxylic acid groups (broad SMARTS) is 2. The standard InChI is InChI=1S/C14H27N5O6.2C2H6/c1-16-8(3-4-11(20)21)13(23)19-9(14(24)25)5-6-18-12(22)10(7-15)17-2;2*1-2/h8-10,16-17H,3-7,15H2,1-2H3,(H,18,22)(H,19,23)(H,20,21)(H,24,25);2*1-2H3/t8-,9?,10-;;/m0../s1. The summed E-state index contributed by atoms with van der Waals surface area (Å²) in [5, 5.41) is 28.1. The molecule has 0 aromatic rings. The van der Waals surface area contributed by atoms with Crippen LogP contribution in [0.5, 0.6) is 0 Å². The summed E-state index contributed by atoms with van der Waals surface area (Å²) in [5.41, 5.74) is 5.41. The van der Waals surface area contributed by atoms with Crippen LogP contribution in [0.2, 0.25) is 0 Å². The summed E-state index contributed by atoms with van der Waals surface area (Å²) in [6.07, 6.45) is -0.221. The minimum Gasteiger partial charge on any atom is -0.481 e. The molecule has 0 fully saturated rings. The Balaban J connectivity index is -0.00000158. The topological polar surface area (TPSA) is 183 Å². The van der Waals surface area contributed by atoms with E-state index in [2.05, 4.69) is 21.3 Å². The number of aliphatic carboxylic acids is 2. The Labute approximate surface area is 173 Å². The lowest BCUT2D eigenvalue weighted by atomic mass is 10.1. The first-order chi connectivity index (χ1) is 13.8. The zero-order chi connectivity index (χ0) is 23.4. The molecule has 0 aromatic carbocycles. The van der Waals surface area contributed by atoms with Crippen LogP contribution in [0.15, 0.2) is 0 Å². The first-order valence-corrected chi connectivity index (χ1v) is 9.84. The Morgan fingerprint density at radius 3 is 1.72 bits per heavy atom. The third kappa shape index (κ3) is 15.4. The van der Waals surface area contributed by atoms with Crippen molar-refractivity contribution in [3.8, 4) is 0 Å². The number of hydrogen-bond acceptors (Lipinski definition) is 7. The number of hydrogen-bond donors (Lipinski definition) is 7. The number of carbonyl (C=O) groups excluding carboxylic acids is 2. The van der Waals surface area contributed by atoms with E-state index in [4.69, 9.17) is 10.8 Å². The normalized spacial score (nSPS) is 12.7. The number of nitrogens with one attached hydrogen (secondary N) is 4. The predicted molar refractivity (Wildman–Crippen MR) is 112 cm³/mol. The molecule has 0 bridgehead atoms. The van der Waals surface area contributed by atoms with Gasteiger partial charge in [0.25, 0.3) is 0 Å². The molecule has 8 N–H and O–H groups in total. The molecule has 1 unspecified atom stereocenters. The van der Waals surface area contributed by atoms with Crippen molar-refractivity contribution in [2.24, 2.45) is 5.73 Å². The molecule has 11 nitrogen and oxygen atoms in total. The van der Waals surface area contributed by atoms with Gasteiger partial charge < -0.3 is 37.2 Å². The number of amides is 2. The number of carboxylic acids is 2. The van der Waals surface area contributed by atoms with Gasteiger partial charge in [0, 0.05) is 19.5 Å². The molecule has 3 atom stereocenters. The van der Waals surface area contributed by atoms with Crippen LogP contribution in [0.3, 0.4) is 0 Å². The largest absolute Gasteiger partial charge is 0.481 e. The average molecular weight is 422 g/mol. The Morgan fingerprint density at radius 2 is 1.34 bits per heavy atom. The van der Waals surface area contributed by atoms with Crippen molar-refractivity contribution in [3.63, 3.8) is 0 Å². The van der Waals surface area contributed by atoms with E-state index in [-0.39, 0.29) is 38.3 Å². The molecule has 2 amide bonds. The molecular weight excluding hydrogens is 382 g/mol. The maximum absolute atomic E-state index is 12.1. The van der Waals surface area contributed by atoms with E-state index in [0.717, 1.165) is 0 Å². The maximum Gasteiger partial charge on any atom is 0.326 e. The van der Waals surface area contributed by atoms with E-state index in [1.807, 2.05) is 27.7 Å². The SMILES string of the molecule is CC.CC.CN[C@@H](CN)C(=O)NCCC(NC(=O)[C@H](CCC(=O)O)NC)C(=O)O. The highest BCUT2D eigenvalue weighted by molar-refractivity contribution is 5.87. The molecule has 0 aliphatic rings. The van der Waals surface area contributed by atoms with E-state index in [0.29, 0.717) is 0 Å². The molecule has 0 aliphatic heterocycles. The summed E-state index contributed by atoms with van der Waals surface area (Å²) in [6, 6.07) is -2.61. The molecule has 0 radical (unpaired) electrons. The van der Waals surface area contributed by atoms with Crippen LogP contribution in [-0.4, -0.2) is 79.3 Å². The van der Waals surface area contributed by atoms with Gasteiger partial charge in [0.1, 0.15) is 6.04 Å². The highest BCUT2D eigenvalue weighted by Crippen LogP contribution is 2.00. The van der Waals surface area contributed by atoms with Crippen molar-refractivity contribution < 1.29 is 29.4 Å². The first-order valence-electron chi connectivity index (χ1n) is 9.84. The van der Waals surface area contributed by atoms with Crippen LogP contribution in [0.4, 0.5) is 0 Å². The van der Waals surface area contributed by atoms with Crippen molar-refractivity contribution in [1.29, 1.82) is 0 Å². The van der Waals surface area contributed by atoms with E-state index in [1.54, 1.807) is 7.05 Å².